The highest BCUT2D eigenvalue weighted by Crippen LogP contribution is 2.32. The Morgan fingerprint density at radius 3 is 2.08 bits per heavy atom. The number of hydrogen-bond acceptors (Lipinski definition) is 7. The van der Waals surface area contributed by atoms with Gasteiger partial charge in [0.05, 0.1) is 12.0 Å². The first-order chi connectivity index (χ1) is 10.9. The monoisotopic (exact) mass is 366 g/mol. The molecule has 24 heavy (non-hydrogen) atoms. The van der Waals surface area contributed by atoms with Crippen LogP contribution in [0, 0.1) is 11.8 Å². The molecule has 0 spiro atoms. The van der Waals surface area contributed by atoms with Gasteiger partial charge in [0, 0.05) is 0 Å². The first-order valence-corrected chi connectivity index (χ1v) is 8.07. The summed E-state index contributed by atoms with van der Waals surface area (Å²) in [4.78, 5) is 32.6. The molecular weight excluding hydrogens is 340 g/mol. The molecule has 1 aliphatic rings. The van der Waals surface area contributed by atoms with Gasteiger partial charge in [0.1, 0.15) is 12.1 Å². The predicted octanol–water partition coefficient (Wildman–Crippen LogP) is -1.33. The lowest BCUT2D eigenvalue weighted by atomic mass is 9.80. The Morgan fingerprint density at radius 2 is 1.88 bits per heavy atom. The molecule has 0 aliphatic carbocycles. The standard InChI is InChI=1S/C10H17NO5.C4H9NO2S/c1-4(2)6(12)10(9(15)16)7(13)5(3)8(14)11-10;5-3(1-2-8)4(6)7/h4-7,12-13H,1-3H3,(H,11,14)(H,15,16);3,8H,1-2,5H2,(H,6,7)/t;3-/m.0/s1. The quantitative estimate of drug-likeness (QED) is 0.283. The molecule has 5 atom stereocenters. The molecule has 1 fully saturated rings. The van der Waals surface area contributed by atoms with Gasteiger partial charge in [-0.2, -0.15) is 12.6 Å². The number of hydrogen-bond donors (Lipinski definition) is 7. The Bertz CT molecular complexity index is 474. The van der Waals surface area contributed by atoms with E-state index in [1.807, 2.05) is 0 Å². The molecule has 1 rings (SSSR count). The third kappa shape index (κ3) is 4.82. The van der Waals surface area contributed by atoms with Crippen LogP contribution in [0.25, 0.3) is 0 Å². The van der Waals surface area contributed by atoms with E-state index in [0.29, 0.717) is 12.2 Å². The molecule has 1 amide bonds. The number of rotatable bonds is 6. The van der Waals surface area contributed by atoms with E-state index in [9.17, 15) is 24.6 Å². The molecule has 0 aromatic carbocycles. The van der Waals surface area contributed by atoms with E-state index in [1.165, 1.54) is 6.92 Å². The number of aliphatic hydroxyl groups is 2. The van der Waals surface area contributed by atoms with E-state index >= 15 is 0 Å². The first-order valence-electron chi connectivity index (χ1n) is 7.44. The van der Waals surface area contributed by atoms with Gasteiger partial charge in [-0.05, 0) is 18.1 Å². The van der Waals surface area contributed by atoms with Crippen LogP contribution < -0.4 is 11.1 Å². The van der Waals surface area contributed by atoms with Crippen LogP contribution in [0.2, 0.25) is 0 Å². The minimum Gasteiger partial charge on any atom is -0.480 e. The highest BCUT2D eigenvalue weighted by Gasteiger charge is 2.61. The third-order valence-corrected chi connectivity index (χ3v) is 4.15. The summed E-state index contributed by atoms with van der Waals surface area (Å²) in [5.41, 5.74) is 3.08. The van der Waals surface area contributed by atoms with E-state index < -0.39 is 53.5 Å². The maximum absolute atomic E-state index is 11.4. The fourth-order valence-corrected chi connectivity index (χ4v) is 2.55. The zero-order valence-corrected chi connectivity index (χ0v) is 14.7. The topological polar surface area (TPSA) is 170 Å². The summed E-state index contributed by atoms with van der Waals surface area (Å²) >= 11 is 3.81. The molecule has 0 bridgehead atoms. The molecule has 10 heteroatoms. The van der Waals surface area contributed by atoms with E-state index in [4.69, 9.17) is 15.9 Å². The number of nitrogens with one attached hydrogen (secondary N) is 1. The number of carbonyl (C=O) groups excluding carboxylic acids is 1. The predicted molar refractivity (Wildman–Crippen MR) is 88.6 cm³/mol. The lowest BCUT2D eigenvalue weighted by Gasteiger charge is -2.35. The second kappa shape index (κ2) is 9.21. The van der Waals surface area contributed by atoms with Gasteiger partial charge in [0.15, 0.2) is 5.54 Å². The molecule has 4 unspecified atom stereocenters. The van der Waals surface area contributed by atoms with Crippen molar-refractivity contribution in [3.8, 4) is 0 Å². The van der Waals surface area contributed by atoms with Gasteiger partial charge in [-0.3, -0.25) is 9.59 Å². The van der Waals surface area contributed by atoms with E-state index in [2.05, 4.69) is 17.9 Å². The smallest absolute Gasteiger partial charge is 0.334 e. The van der Waals surface area contributed by atoms with Crippen molar-refractivity contribution >= 4 is 30.5 Å². The number of carboxylic acids is 2. The van der Waals surface area contributed by atoms with Crippen molar-refractivity contribution in [2.24, 2.45) is 17.6 Å². The minimum absolute atomic E-state index is 0.392. The SMILES string of the molecule is CC(C)C(O)C1(C(=O)O)NC(=O)C(C)C1O.N[C@@H](CCS)C(=O)O. The fraction of sp³-hybridized carbons (Fsp3) is 0.786. The highest BCUT2D eigenvalue weighted by molar-refractivity contribution is 7.80. The van der Waals surface area contributed by atoms with Crippen LogP contribution in [-0.2, 0) is 14.4 Å². The molecule has 0 aromatic heterocycles. The maximum Gasteiger partial charge on any atom is 0.334 e. The Labute approximate surface area is 145 Å². The number of nitrogens with two attached hydrogens (primary N) is 1. The summed E-state index contributed by atoms with van der Waals surface area (Å²) in [5.74, 6) is -3.65. The van der Waals surface area contributed by atoms with E-state index in [0.717, 1.165) is 0 Å². The van der Waals surface area contributed by atoms with Crippen LogP contribution in [0.15, 0.2) is 0 Å². The molecular formula is C14H26N2O7S. The zero-order chi connectivity index (χ0) is 19.2. The van der Waals surface area contributed by atoms with E-state index in [-0.39, 0.29) is 0 Å². The maximum atomic E-state index is 11.4. The Hall–Kier alpha value is -1.36. The second-order valence-corrected chi connectivity index (χ2v) is 6.49. The van der Waals surface area contributed by atoms with Crippen molar-refractivity contribution in [3.63, 3.8) is 0 Å². The molecule has 140 valence electrons. The molecule has 7 N–H and O–H groups in total. The summed E-state index contributed by atoms with van der Waals surface area (Å²) < 4.78 is 0. The van der Waals surface area contributed by atoms with Gasteiger partial charge in [-0.1, -0.05) is 20.8 Å². The van der Waals surface area contributed by atoms with E-state index in [1.54, 1.807) is 13.8 Å². The van der Waals surface area contributed by atoms with Crippen LogP contribution in [0.3, 0.4) is 0 Å². The molecule has 0 radical (unpaired) electrons. The summed E-state index contributed by atoms with van der Waals surface area (Å²) in [5, 5.41) is 39.3. The summed E-state index contributed by atoms with van der Waals surface area (Å²) in [6.07, 6.45) is -2.35. The molecule has 0 aromatic rings. The van der Waals surface area contributed by atoms with Gasteiger partial charge in [-0.25, -0.2) is 4.79 Å². The first kappa shape index (κ1) is 22.6. The normalized spacial score (nSPS) is 28.6. The fourth-order valence-electron chi connectivity index (χ4n) is 2.27. The van der Waals surface area contributed by atoms with Gasteiger partial charge >= 0.3 is 11.9 Å². The van der Waals surface area contributed by atoms with Crippen molar-refractivity contribution < 1.29 is 34.8 Å². The molecule has 9 nitrogen and oxygen atoms in total. The van der Waals surface area contributed by atoms with Crippen LogP contribution >= 0.6 is 12.6 Å². The molecule has 1 aliphatic heterocycles. The number of amides is 1. The van der Waals surface area contributed by atoms with Crippen LogP contribution in [0.4, 0.5) is 0 Å². The van der Waals surface area contributed by atoms with Crippen molar-refractivity contribution in [2.75, 3.05) is 5.75 Å². The number of thiol groups is 1. The number of carbonyl (C=O) groups is 3. The van der Waals surface area contributed by atoms with Crippen LogP contribution in [0.5, 0.6) is 0 Å². The van der Waals surface area contributed by atoms with Crippen molar-refractivity contribution in [2.45, 2.75) is 51.0 Å². The van der Waals surface area contributed by atoms with Gasteiger partial charge in [0.25, 0.3) is 0 Å². The summed E-state index contributed by atoms with van der Waals surface area (Å²) in [6, 6.07) is -0.743. The van der Waals surface area contributed by atoms with Crippen molar-refractivity contribution in [3.05, 3.63) is 0 Å². The Balaban J connectivity index is 0.000000561. The second-order valence-electron chi connectivity index (χ2n) is 6.04. The number of aliphatic carboxylic acids is 2. The largest absolute Gasteiger partial charge is 0.480 e. The Kier molecular flexibility index (Phi) is 8.69. The molecule has 1 saturated heterocycles. The van der Waals surface area contributed by atoms with Crippen LogP contribution in [-0.4, -0.2) is 67.8 Å². The average molecular weight is 366 g/mol. The lowest BCUT2D eigenvalue weighted by Crippen LogP contribution is -2.65. The third-order valence-electron chi connectivity index (χ3n) is 3.89. The molecule has 1 heterocycles. The summed E-state index contributed by atoms with van der Waals surface area (Å²) in [7, 11) is 0. The average Bonchev–Trinajstić information content (AvgIpc) is 2.72. The minimum atomic E-state index is -2.00. The summed E-state index contributed by atoms with van der Waals surface area (Å²) in [6.45, 7) is 4.67. The zero-order valence-electron chi connectivity index (χ0n) is 13.8. The van der Waals surface area contributed by atoms with Crippen molar-refractivity contribution in [1.82, 2.24) is 5.32 Å². The lowest BCUT2D eigenvalue weighted by molar-refractivity contribution is -0.158. The van der Waals surface area contributed by atoms with Gasteiger partial charge < -0.3 is 31.5 Å². The van der Waals surface area contributed by atoms with Crippen LogP contribution in [0.1, 0.15) is 27.2 Å². The number of carboxylic acid groups (broad SMARTS) is 2. The Morgan fingerprint density at radius 1 is 1.38 bits per heavy atom. The number of aliphatic hydroxyl groups excluding tert-OH is 2. The van der Waals surface area contributed by atoms with Crippen molar-refractivity contribution in [1.29, 1.82) is 0 Å². The molecule has 0 saturated carbocycles. The van der Waals surface area contributed by atoms with Gasteiger partial charge in [0.2, 0.25) is 5.91 Å². The van der Waals surface area contributed by atoms with Gasteiger partial charge in [-0.15, -0.1) is 0 Å². The highest BCUT2D eigenvalue weighted by atomic mass is 32.1.